The van der Waals surface area contributed by atoms with Gasteiger partial charge in [0.2, 0.25) is 18.2 Å². The molecular formula is C18H13N3O3. The van der Waals surface area contributed by atoms with Crippen molar-refractivity contribution in [2.45, 2.75) is 19.3 Å². The topological polar surface area (TPSA) is 88.3 Å². The van der Waals surface area contributed by atoms with Gasteiger partial charge in [0, 0.05) is 5.92 Å². The average molecular weight is 319 g/mol. The molecule has 2 aromatic rings. The van der Waals surface area contributed by atoms with Crippen molar-refractivity contribution >= 4 is 35.3 Å². The number of aliphatic imine (C=N–C) groups is 3. The number of isocyanates is 3. The molecule has 0 aliphatic carbocycles. The number of hydrogen-bond acceptors (Lipinski definition) is 6. The lowest BCUT2D eigenvalue weighted by Gasteiger charge is -2.18. The summed E-state index contributed by atoms with van der Waals surface area (Å²) in [6.07, 6.45) is 4.99. The van der Waals surface area contributed by atoms with E-state index in [0.717, 1.165) is 12.0 Å². The van der Waals surface area contributed by atoms with Crippen LogP contribution in [0.1, 0.15) is 30.4 Å². The Morgan fingerprint density at radius 3 is 2.04 bits per heavy atom. The van der Waals surface area contributed by atoms with Crippen molar-refractivity contribution in [2.75, 3.05) is 0 Å². The number of benzene rings is 2. The second-order valence-electron chi connectivity index (χ2n) is 4.85. The van der Waals surface area contributed by atoms with Crippen LogP contribution >= 0.6 is 0 Å². The lowest BCUT2D eigenvalue weighted by atomic mass is 9.87. The molecule has 0 bridgehead atoms. The summed E-state index contributed by atoms with van der Waals surface area (Å²) in [6, 6.07) is 12.9. The van der Waals surface area contributed by atoms with E-state index in [1.54, 1.807) is 6.07 Å². The molecule has 0 spiro atoms. The number of hydrogen-bond donors (Lipinski definition) is 0. The van der Waals surface area contributed by atoms with Gasteiger partial charge in [-0.15, -0.1) is 0 Å². The Bertz CT molecular complexity index is 874. The number of nitrogens with zero attached hydrogens (tertiary/aromatic N) is 3. The maximum Gasteiger partial charge on any atom is 0.240 e. The van der Waals surface area contributed by atoms with Gasteiger partial charge in [0.25, 0.3) is 0 Å². The van der Waals surface area contributed by atoms with Gasteiger partial charge < -0.3 is 0 Å². The van der Waals surface area contributed by atoms with Crippen LogP contribution in [0.5, 0.6) is 0 Å². The Kier molecular flexibility index (Phi) is 5.84. The predicted molar refractivity (Wildman–Crippen MR) is 88.4 cm³/mol. The third-order valence-corrected chi connectivity index (χ3v) is 3.63. The molecule has 118 valence electrons. The minimum Gasteiger partial charge on any atom is -0.211 e. The van der Waals surface area contributed by atoms with Crippen molar-refractivity contribution in [3.63, 3.8) is 0 Å². The van der Waals surface area contributed by atoms with Gasteiger partial charge in [-0.25, -0.2) is 14.4 Å². The van der Waals surface area contributed by atoms with E-state index in [4.69, 9.17) is 0 Å². The summed E-state index contributed by atoms with van der Waals surface area (Å²) in [7, 11) is 0. The molecule has 2 aromatic carbocycles. The zero-order valence-corrected chi connectivity index (χ0v) is 12.9. The molecule has 0 radical (unpaired) electrons. The van der Waals surface area contributed by atoms with Gasteiger partial charge in [-0.1, -0.05) is 43.3 Å². The first-order valence-corrected chi connectivity index (χ1v) is 7.22. The van der Waals surface area contributed by atoms with Crippen LogP contribution in [-0.4, -0.2) is 18.2 Å². The Balaban J connectivity index is 2.78. The fourth-order valence-corrected chi connectivity index (χ4v) is 2.64. The third kappa shape index (κ3) is 3.49. The van der Waals surface area contributed by atoms with Crippen molar-refractivity contribution in [1.82, 2.24) is 0 Å². The Morgan fingerprint density at radius 2 is 1.46 bits per heavy atom. The molecular weight excluding hydrogens is 306 g/mol. The summed E-state index contributed by atoms with van der Waals surface area (Å²) in [5.41, 5.74) is 1.96. The van der Waals surface area contributed by atoms with Gasteiger partial charge in [0.1, 0.15) is 17.1 Å². The fourth-order valence-electron chi connectivity index (χ4n) is 2.64. The molecule has 6 nitrogen and oxygen atoms in total. The lowest BCUT2D eigenvalue weighted by molar-refractivity contribution is 0.564. The lowest BCUT2D eigenvalue weighted by Crippen LogP contribution is -2.00. The van der Waals surface area contributed by atoms with E-state index in [1.165, 1.54) is 24.3 Å². The molecule has 0 fully saturated rings. The molecule has 6 heteroatoms. The van der Waals surface area contributed by atoms with Crippen LogP contribution < -0.4 is 0 Å². The molecule has 0 heterocycles. The van der Waals surface area contributed by atoms with E-state index in [-0.39, 0.29) is 23.0 Å². The molecule has 0 aliphatic rings. The maximum atomic E-state index is 10.9. The van der Waals surface area contributed by atoms with E-state index < -0.39 is 0 Å². The van der Waals surface area contributed by atoms with E-state index in [2.05, 4.69) is 15.0 Å². The first-order valence-electron chi connectivity index (χ1n) is 7.22. The van der Waals surface area contributed by atoms with Crippen molar-refractivity contribution in [1.29, 1.82) is 0 Å². The van der Waals surface area contributed by atoms with Crippen LogP contribution in [-0.2, 0) is 14.4 Å². The first-order chi connectivity index (χ1) is 11.8. The van der Waals surface area contributed by atoms with Gasteiger partial charge in [-0.2, -0.15) is 15.0 Å². The second-order valence-corrected chi connectivity index (χ2v) is 4.85. The zero-order valence-electron chi connectivity index (χ0n) is 12.9. The maximum absolute atomic E-state index is 10.9. The number of carbonyl (C=O) groups excluding carboxylic acids is 3. The highest BCUT2D eigenvalue weighted by Crippen LogP contribution is 2.45. The highest BCUT2D eigenvalue weighted by Gasteiger charge is 2.20. The molecule has 0 aliphatic heterocycles. The van der Waals surface area contributed by atoms with Crippen LogP contribution in [0.15, 0.2) is 57.4 Å². The van der Waals surface area contributed by atoms with Gasteiger partial charge >= 0.3 is 0 Å². The monoisotopic (exact) mass is 319 g/mol. The molecule has 1 unspecified atom stereocenters. The van der Waals surface area contributed by atoms with Crippen LogP contribution in [0.2, 0.25) is 0 Å². The van der Waals surface area contributed by atoms with Crippen molar-refractivity contribution < 1.29 is 14.4 Å². The summed E-state index contributed by atoms with van der Waals surface area (Å²) < 4.78 is 0. The Labute approximate surface area is 138 Å². The van der Waals surface area contributed by atoms with Crippen molar-refractivity contribution in [2.24, 2.45) is 15.0 Å². The minimum absolute atomic E-state index is 0.00332. The molecule has 0 amide bonds. The highest BCUT2D eigenvalue weighted by atomic mass is 16.1. The fraction of sp³-hybridized carbons (Fsp3) is 0.167. The van der Waals surface area contributed by atoms with Gasteiger partial charge in [0.05, 0.1) is 0 Å². The van der Waals surface area contributed by atoms with E-state index >= 15 is 0 Å². The van der Waals surface area contributed by atoms with E-state index in [1.807, 2.05) is 37.3 Å². The third-order valence-electron chi connectivity index (χ3n) is 3.63. The Morgan fingerprint density at radius 1 is 0.833 bits per heavy atom. The van der Waals surface area contributed by atoms with Crippen LogP contribution in [0, 0.1) is 0 Å². The van der Waals surface area contributed by atoms with Gasteiger partial charge in [0.15, 0.2) is 0 Å². The summed E-state index contributed by atoms with van der Waals surface area (Å²) in [4.78, 5) is 42.9. The van der Waals surface area contributed by atoms with Crippen molar-refractivity contribution in [3.8, 4) is 0 Å². The summed E-state index contributed by atoms with van der Waals surface area (Å²) >= 11 is 0. The van der Waals surface area contributed by atoms with Crippen molar-refractivity contribution in [3.05, 3.63) is 53.6 Å². The predicted octanol–water partition coefficient (Wildman–Crippen LogP) is 4.13. The molecule has 1 atom stereocenters. The minimum atomic E-state index is -0.0758. The van der Waals surface area contributed by atoms with Gasteiger partial charge in [-0.05, 0) is 23.6 Å². The first kappa shape index (κ1) is 16.9. The summed E-state index contributed by atoms with van der Waals surface area (Å²) in [5, 5.41) is 0. The van der Waals surface area contributed by atoms with E-state index in [0.29, 0.717) is 5.56 Å². The standard InChI is InChI=1S/C18H13N3O3/c1-2-14(13-6-4-3-5-7-13)15-8-9-16(19-10-22)18(21-12-24)17(15)20-11-23/h3-9,14H,2H2,1H3. The summed E-state index contributed by atoms with van der Waals surface area (Å²) in [6.45, 7) is 1.99. The molecule has 0 saturated carbocycles. The Hall–Kier alpha value is -3.42. The molecule has 0 saturated heterocycles. The quantitative estimate of drug-likeness (QED) is 0.592. The van der Waals surface area contributed by atoms with E-state index in [9.17, 15) is 14.4 Å². The normalized spacial score (nSPS) is 10.7. The molecule has 2 rings (SSSR count). The molecule has 24 heavy (non-hydrogen) atoms. The van der Waals surface area contributed by atoms with Crippen LogP contribution in [0.3, 0.4) is 0 Å². The highest BCUT2D eigenvalue weighted by molar-refractivity contribution is 5.83. The summed E-state index contributed by atoms with van der Waals surface area (Å²) in [5.74, 6) is -0.0758. The SMILES string of the molecule is CCC(c1ccccc1)c1ccc(N=C=O)c(N=C=O)c1N=C=O. The van der Waals surface area contributed by atoms with Crippen LogP contribution in [0.4, 0.5) is 17.1 Å². The molecule has 0 N–H and O–H groups in total. The largest absolute Gasteiger partial charge is 0.240 e. The van der Waals surface area contributed by atoms with Gasteiger partial charge in [-0.3, -0.25) is 0 Å². The smallest absolute Gasteiger partial charge is 0.211 e. The number of rotatable bonds is 6. The van der Waals surface area contributed by atoms with Crippen LogP contribution in [0.25, 0.3) is 0 Å². The second kappa shape index (κ2) is 8.28. The average Bonchev–Trinajstić information content (AvgIpc) is 2.61. The molecule has 0 aromatic heterocycles. The zero-order chi connectivity index (χ0) is 17.4.